The molecule has 1 aliphatic rings. The van der Waals surface area contributed by atoms with E-state index in [1.165, 1.54) is 69.9 Å². The van der Waals surface area contributed by atoms with E-state index in [0.717, 1.165) is 28.1 Å². The maximum absolute atomic E-state index is 5.33. The van der Waals surface area contributed by atoms with Crippen LogP contribution in [0.2, 0.25) is 0 Å². The Morgan fingerprint density at radius 3 is 1.91 bits per heavy atom. The van der Waals surface area contributed by atoms with Crippen LogP contribution >= 0.6 is 11.3 Å². The van der Waals surface area contributed by atoms with Crippen LogP contribution in [0.15, 0.2) is 188 Å². The van der Waals surface area contributed by atoms with Crippen molar-refractivity contribution >= 4 is 42.3 Å². The molecule has 0 N–H and O–H groups in total. The Bertz CT molecular complexity index is 3110. The van der Waals surface area contributed by atoms with E-state index >= 15 is 0 Å². The van der Waals surface area contributed by atoms with Crippen molar-refractivity contribution in [3.05, 3.63) is 205 Å². The minimum atomic E-state index is -0.297. The number of fused-ring (bicyclic) bond motifs is 7. The summed E-state index contributed by atoms with van der Waals surface area (Å²) in [6.07, 6.45) is 0. The van der Waals surface area contributed by atoms with Crippen molar-refractivity contribution in [3.8, 4) is 56.2 Å². The zero-order valence-corrected chi connectivity index (χ0v) is 31.0. The molecule has 2 nitrogen and oxygen atoms in total. The number of rotatable bonds is 5. The van der Waals surface area contributed by atoms with Gasteiger partial charge in [-0.1, -0.05) is 158 Å². The van der Waals surface area contributed by atoms with Crippen molar-refractivity contribution in [1.29, 1.82) is 0 Å². The van der Waals surface area contributed by atoms with Gasteiger partial charge in [-0.15, -0.1) is 11.3 Å². The molecule has 8 aromatic carbocycles. The molecule has 258 valence electrons. The quantitative estimate of drug-likeness (QED) is 0.177. The summed E-state index contributed by atoms with van der Waals surface area (Å²) in [6.45, 7) is 2.36. The molecule has 1 aliphatic carbocycles. The fraction of sp³-hybridized carbons (Fsp3) is 0.0385. The van der Waals surface area contributed by atoms with Crippen LogP contribution in [0.3, 0.4) is 0 Å². The molecule has 0 bridgehead atoms. The van der Waals surface area contributed by atoms with Gasteiger partial charge < -0.3 is 0 Å². The molecule has 55 heavy (non-hydrogen) atoms. The summed E-state index contributed by atoms with van der Waals surface area (Å²) in [5.74, 6) is 0.714. The first-order chi connectivity index (χ1) is 27.1. The summed E-state index contributed by atoms with van der Waals surface area (Å²) < 4.78 is 2.61. The highest BCUT2D eigenvalue weighted by Gasteiger charge is 2.41. The summed E-state index contributed by atoms with van der Waals surface area (Å²) in [7, 11) is 0. The van der Waals surface area contributed by atoms with Gasteiger partial charge in [0.2, 0.25) is 0 Å². The van der Waals surface area contributed by atoms with Gasteiger partial charge >= 0.3 is 0 Å². The van der Waals surface area contributed by atoms with Crippen molar-refractivity contribution < 1.29 is 0 Å². The van der Waals surface area contributed by atoms with Crippen molar-refractivity contribution in [2.75, 3.05) is 0 Å². The number of benzene rings is 8. The molecule has 11 rings (SSSR count). The van der Waals surface area contributed by atoms with Crippen molar-refractivity contribution in [2.24, 2.45) is 0 Å². The number of thiophene rings is 1. The molecule has 0 spiro atoms. The molecular formula is C52H34N2S. The standard InChI is InChI=1S/C52H34N2S/c1-52(38-21-6-3-7-22-38)43-26-11-10-23-40(43)49-41(25-13-27-44(49)52)46-32-45(53-51(54-46)33-15-4-2-5-16-33)37-20-12-19-36(29-37)39-24-14-28-47-50(39)42-30-34-17-8-9-18-35(34)31-48(42)55-47/h2-32H,1H3. The Morgan fingerprint density at radius 2 is 1.05 bits per heavy atom. The maximum Gasteiger partial charge on any atom is 0.160 e. The van der Waals surface area contributed by atoms with E-state index < -0.39 is 0 Å². The first kappa shape index (κ1) is 31.8. The zero-order chi connectivity index (χ0) is 36.5. The summed E-state index contributed by atoms with van der Waals surface area (Å²) in [6, 6.07) is 68.0. The van der Waals surface area contributed by atoms with E-state index in [1.54, 1.807) is 0 Å². The summed E-state index contributed by atoms with van der Waals surface area (Å²) in [5, 5.41) is 5.14. The molecule has 0 aliphatic heterocycles. The number of nitrogens with zero attached hydrogens (tertiary/aromatic N) is 2. The lowest BCUT2D eigenvalue weighted by molar-refractivity contribution is 0.714. The van der Waals surface area contributed by atoms with E-state index in [1.807, 2.05) is 17.4 Å². The first-order valence-corrected chi connectivity index (χ1v) is 19.6. The van der Waals surface area contributed by atoms with Gasteiger partial charge in [-0.05, 0) is 87.0 Å². The van der Waals surface area contributed by atoms with Gasteiger partial charge in [-0.25, -0.2) is 9.97 Å². The highest BCUT2D eigenvalue weighted by Crippen LogP contribution is 2.55. The molecule has 3 heteroatoms. The van der Waals surface area contributed by atoms with Gasteiger partial charge in [0.15, 0.2) is 5.82 Å². The molecule has 0 amide bonds. The number of aromatic nitrogens is 2. The molecule has 0 saturated heterocycles. The lowest BCUT2D eigenvalue weighted by atomic mass is 9.74. The third kappa shape index (κ3) is 5.01. The average molecular weight is 719 g/mol. The normalized spacial score (nSPS) is 14.7. The third-order valence-corrected chi connectivity index (χ3v) is 12.7. The van der Waals surface area contributed by atoms with Gasteiger partial charge in [0, 0.05) is 42.3 Å². The number of hydrogen-bond donors (Lipinski definition) is 0. The highest BCUT2D eigenvalue weighted by molar-refractivity contribution is 7.26. The number of hydrogen-bond acceptors (Lipinski definition) is 3. The Kier molecular flexibility index (Phi) is 7.20. The molecule has 1 atom stereocenters. The van der Waals surface area contributed by atoms with Crippen LogP contribution in [-0.4, -0.2) is 9.97 Å². The van der Waals surface area contributed by atoms with Crippen LogP contribution in [-0.2, 0) is 5.41 Å². The Hall–Kier alpha value is -6.68. The fourth-order valence-electron chi connectivity index (χ4n) is 8.89. The monoisotopic (exact) mass is 718 g/mol. The minimum Gasteiger partial charge on any atom is -0.228 e. The third-order valence-electron chi connectivity index (χ3n) is 11.6. The molecule has 0 saturated carbocycles. The molecule has 10 aromatic rings. The summed E-state index contributed by atoms with van der Waals surface area (Å²) in [5.41, 5.74) is 13.5. The smallest absolute Gasteiger partial charge is 0.160 e. The second-order valence-corrected chi connectivity index (χ2v) is 15.7. The zero-order valence-electron chi connectivity index (χ0n) is 30.2. The van der Waals surface area contributed by atoms with Gasteiger partial charge in [-0.2, -0.15) is 0 Å². The highest BCUT2D eigenvalue weighted by atomic mass is 32.1. The van der Waals surface area contributed by atoms with E-state index in [9.17, 15) is 0 Å². The Balaban J connectivity index is 1.11. The van der Waals surface area contributed by atoms with Crippen molar-refractivity contribution in [3.63, 3.8) is 0 Å². The predicted octanol–water partition coefficient (Wildman–Crippen LogP) is 14.0. The second-order valence-electron chi connectivity index (χ2n) is 14.6. The predicted molar refractivity (Wildman–Crippen MR) is 232 cm³/mol. The Morgan fingerprint density at radius 1 is 0.436 bits per heavy atom. The lowest BCUT2D eigenvalue weighted by Crippen LogP contribution is -2.22. The molecule has 0 fully saturated rings. The van der Waals surface area contributed by atoms with Crippen molar-refractivity contribution in [2.45, 2.75) is 12.3 Å². The van der Waals surface area contributed by atoms with Crippen LogP contribution < -0.4 is 0 Å². The second kappa shape index (κ2) is 12.4. The van der Waals surface area contributed by atoms with E-state index in [4.69, 9.17) is 9.97 Å². The fourth-order valence-corrected chi connectivity index (χ4v) is 10.0. The van der Waals surface area contributed by atoms with Crippen molar-refractivity contribution in [1.82, 2.24) is 9.97 Å². The van der Waals surface area contributed by atoms with Crippen LogP contribution in [0.1, 0.15) is 23.6 Å². The van der Waals surface area contributed by atoms with Gasteiger partial charge in [-0.3, -0.25) is 0 Å². The molecular weight excluding hydrogens is 685 g/mol. The first-order valence-electron chi connectivity index (χ1n) is 18.8. The maximum atomic E-state index is 5.33. The lowest BCUT2D eigenvalue weighted by Gasteiger charge is -2.28. The van der Waals surface area contributed by atoms with Crippen LogP contribution in [0, 0.1) is 0 Å². The topological polar surface area (TPSA) is 25.8 Å². The summed E-state index contributed by atoms with van der Waals surface area (Å²) in [4.78, 5) is 10.6. The molecule has 0 radical (unpaired) electrons. The van der Waals surface area contributed by atoms with Crippen LogP contribution in [0.5, 0.6) is 0 Å². The minimum absolute atomic E-state index is 0.297. The molecule has 2 heterocycles. The molecule has 2 aromatic heterocycles. The van der Waals surface area contributed by atoms with Gasteiger partial charge in [0.25, 0.3) is 0 Å². The van der Waals surface area contributed by atoms with E-state index in [0.29, 0.717) is 5.82 Å². The average Bonchev–Trinajstić information content (AvgIpc) is 3.76. The molecule has 1 unspecified atom stereocenters. The van der Waals surface area contributed by atoms with Gasteiger partial charge in [0.1, 0.15) is 0 Å². The Labute approximate surface area is 324 Å². The SMILES string of the molecule is CC1(c2ccccc2)c2ccccc2-c2c(-c3cc(-c4cccc(-c5cccc6sc7cc8ccccc8cc7c56)c4)nc(-c4ccccc4)n3)cccc21. The van der Waals surface area contributed by atoms with E-state index in [-0.39, 0.29) is 5.41 Å². The summed E-state index contributed by atoms with van der Waals surface area (Å²) >= 11 is 1.87. The largest absolute Gasteiger partial charge is 0.228 e. The van der Waals surface area contributed by atoms with E-state index in [2.05, 4.69) is 189 Å². The van der Waals surface area contributed by atoms with Gasteiger partial charge in [0.05, 0.1) is 11.4 Å². The van der Waals surface area contributed by atoms with Crippen LogP contribution in [0.25, 0.3) is 87.1 Å². The van der Waals surface area contributed by atoms with Crippen LogP contribution in [0.4, 0.5) is 0 Å².